The minimum atomic E-state index is -0.190. The van der Waals surface area contributed by atoms with Crippen molar-refractivity contribution in [3.63, 3.8) is 0 Å². The lowest BCUT2D eigenvalue weighted by molar-refractivity contribution is -0.130. The van der Waals surface area contributed by atoms with Gasteiger partial charge in [-0.2, -0.15) is 0 Å². The summed E-state index contributed by atoms with van der Waals surface area (Å²) in [6.07, 6.45) is 2.16. The van der Waals surface area contributed by atoms with Crippen LogP contribution in [0.2, 0.25) is 5.02 Å². The Bertz CT molecular complexity index is 1060. The molecule has 0 bridgehead atoms. The molecule has 1 aliphatic rings. The SMILES string of the molecule is CC(=O)N(Cc1ccc(Cl)cc1)Cc1ccccc1C1CCN(Cc2ccc(F)cc2)CC1. The third-order valence-electron chi connectivity index (χ3n) is 6.50. The Morgan fingerprint density at radius 2 is 1.58 bits per heavy atom. The van der Waals surface area contributed by atoms with Gasteiger partial charge in [0, 0.05) is 31.6 Å². The van der Waals surface area contributed by atoms with Crippen LogP contribution in [0.1, 0.15) is 47.9 Å². The zero-order valence-electron chi connectivity index (χ0n) is 19.0. The van der Waals surface area contributed by atoms with Gasteiger partial charge in [0.1, 0.15) is 5.82 Å². The van der Waals surface area contributed by atoms with Crippen LogP contribution in [0.25, 0.3) is 0 Å². The molecule has 4 rings (SSSR count). The first-order valence-electron chi connectivity index (χ1n) is 11.5. The molecular weight excluding hydrogens is 435 g/mol. The number of likely N-dealkylation sites (tertiary alicyclic amines) is 1. The smallest absolute Gasteiger partial charge is 0.220 e. The molecule has 0 atom stereocenters. The maximum atomic E-state index is 13.2. The molecule has 0 N–H and O–H groups in total. The van der Waals surface area contributed by atoms with E-state index in [2.05, 4.69) is 29.2 Å². The molecule has 1 fully saturated rings. The number of carbonyl (C=O) groups excluding carboxylic acids is 1. The quantitative estimate of drug-likeness (QED) is 0.403. The van der Waals surface area contributed by atoms with Gasteiger partial charge in [0.2, 0.25) is 5.91 Å². The number of amides is 1. The van der Waals surface area contributed by atoms with Crippen LogP contribution in [-0.4, -0.2) is 28.8 Å². The topological polar surface area (TPSA) is 23.6 Å². The van der Waals surface area contributed by atoms with Gasteiger partial charge in [0.15, 0.2) is 0 Å². The van der Waals surface area contributed by atoms with Crippen molar-refractivity contribution < 1.29 is 9.18 Å². The number of rotatable bonds is 7. The molecule has 3 nitrogen and oxygen atoms in total. The molecular formula is C28H30ClFN2O. The van der Waals surface area contributed by atoms with Crippen LogP contribution in [0.3, 0.4) is 0 Å². The Morgan fingerprint density at radius 3 is 2.24 bits per heavy atom. The van der Waals surface area contributed by atoms with Crippen LogP contribution >= 0.6 is 11.6 Å². The number of piperidine rings is 1. The normalized spacial score (nSPS) is 14.9. The fourth-order valence-corrected chi connectivity index (χ4v) is 4.75. The van der Waals surface area contributed by atoms with Crippen molar-refractivity contribution in [2.24, 2.45) is 0 Å². The first-order valence-corrected chi connectivity index (χ1v) is 11.9. The van der Waals surface area contributed by atoms with Gasteiger partial charge in [-0.15, -0.1) is 0 Å². The van der Waals surface area contributed by atoms with E-state index in [4.69, 9.17) is 11.6 Å². The summed E-state index contributed by atoms with van der Waals surface area (Å²) in [6, 6.07) is 23.0. The highest BCUT2D eigenvalue weighted by molar-refractivity contribution is 6.30. The minimum Gasteiger partial charge on any atom is -0.334 e. The van der Waals surface area contributed by atoms with Crippen molar-refractivity contribution in [2.45, 2.75) is 45.3 Å². The molecule has 1 aliphatic heterocycles. The molecule has 0 saturated carbocycles. The summed E-state index contributed by atoms with van der Waals surface area (Å²) in [5.41, 5.74) is 4.79. The highest BCUT2D eigenvalue weighted by Gasteiger charge is 2.23. The molecule has 0 unspecified atom stereocenters. The van der Waals surface area contributed by atoms with E-state index in [1.165, 1.54) is 23.3 Å². The molecule has 172 valence electrons. The summed E-state index contributed by atoms with van der Waals surface area (Å²) in [6.45, 7) is 5.68. The van der Waals surface area contributed by atoms with Gasteiger partial charge in [-0.25, -0.2) is 4.39 Å². The van der Waals surface area contributed by atoms with E-state index >= 15 is 0 Å². The Morgan fingerprint density at radius 1 is 0.939 bits per heavy atom. The summed E-state index contributed by atoms with van der Waals surface area (Å²) in [7, 11) is 0. The number of carbonyl (C=O) groups is 1. The summed E-state index contributed by atoms with van der Waals surface area (Å²) in [4.78, 5) is 16.7. The number of hydrogen-bond acceptors (Lipinski definition) is 2. The second kappa shape index (κ2) is 11.0. The predicted octanol–water partition coefficient (Wildman–Crippen LogP) is 6.41. The lowest BCUT2D eigenvalue weighted by Gasteiger charge is -2.33. The zero-order chi connectivity index (χ0) is 23.2. The fraction of sp³-hybridized carbons (Fsp3) is 0.321. The van der Waals surface area contributed by atoms with E-state index in [9.17, 15) is 9.18 Å². The molecule has 3 aromatic carbocycles. The monoisotopic (exact) mass is 464 g/mol. The van der Waals surface area contributed by atoms with E-state index in [-0.39, 0.29) is 11.7 Å². The molecule has 5 heteroatoms. The average molecular weight is 465 g/mol. The molecule has 3 aromatic rings. The molecule has 0 aliphatic carbocycles. The molecule has 1 heterocycles. The highest BCUT2D eigenvalue weighted by Crippen LogP contribution is 2.32. The van der Waals surface area contributed by atoms with Crippen molar-refractivity contribution >= 4 is 17.5 Å². The predicted molar refractivity (Wildman–Crippen MR) is 131 cm³/mol. The van der Waals surface area contributed by atoms with Crippen molar-refractivity contribution in [3.05, 3.63) is 106 Å². The first-order chi connectivity index (χ1) is 16.0. The largest absolute Gasteiger partial charge is 0.334 e. The molecule has 0 radical (unpaired) electrons. The summed E-state index contributed by atoms with van der Waals surface area (Å²) in [5, 5.41) is 0.698. The second-order valence-corrected chi connectivity index (χ2v) is 9.31. The van der Waals surface area contributed by atoms with E-state index in [1.54, 1.807) is 6.92 Å². The van der Waals surface area contributed by atoms with Crippen molar-refractivity contribution in [1.29, 1.82) is 0 Å². The molecule has 33 heavy (non-hydrogen) atoms. The lowest BCUT2D eigenvalue weighted by atomic mass is 9.86. The first kappa shape index (κ1) is 23.5. The van der Waals surface area contributed by atoms with E-state index in [1.807, 2.05) is 41.3 Å². The summed E-state index contributed by atoms with van der Waals surface area (Å²) < 4.78 is 13.2. The van der Waals surface area contributed by atoms with Crippen LogP contribution in [0, 0.1) is 5.82 Å². The van der Waals surface area contributed by atoms with Crippen LogP contribution in [0.5, 0.6) is 0 Å². The Hall–Kier alpha value is -2.69. The highest BCUT2D eigenvalue weighted by atomic mass is 35.5. The standard InChI is InChI=1S/C28H30ClFN2O/c1-21(33)32(19-23-6-10-26(29)11-7-23)20-25-4-2-3-5-28(25)24-14-16-31(17-15-24)18-22-8-12-27(30)13-9-22/h2-13,24H,14-20H2,1H3. The van der Waals surface area contributed by atoms with E-state index in [0.29, 0.717) is 24.0 Å². The third-order valence-corrected chi connectivity index (χ3v) is 6.75. The fourth-order valence-electron chi connectivity index (χ4n) is 4.62. The number of nitrogens with zero attached hydrogens (tertiary/aromatic N) is 2. The van der Waals surface area contributed by atoms with Crippen LogP contribution in [0.15, 0.2) is 72.8 Å². The number of hydrogen-bond donors (Lipinski definition) is 0. The molecule has 1 amide bonds. The number of benzene rings is 3. The zero-order valence-corrected chi connectivity index (χ0v) is 19.8. The summed E-state index contributed by atoms with van der Waals surface area (Å²) in [5.74, 6) is 0.355. The molecule has 0 spiro atoms. The van der Waals surface area contributed by atoms with Crippen LogP contribution < -0.4 is 0 Å². The van der Waals surface area contributed by atoms with Crippen LogP contribution in [-0.2, 0) is 24.4 Å². The Labute approximate surface area is 200 Å². The Balaban J connectivity index is 1.41. The van der Waals surface area contributed by atoms with E-state index in [0.717, 1.165) is 43.6 Å². The van der Waals surface area contributed by atoms with Gasteiger partial charge in [-0.05, 0) is 78.4 Å². The van der Waals surface area contributed by atoms with Crippen molar-refractivity contribution in [3.8, 4) is 0 Å². The Kier molecular flexibility index (Phi) is 7.79. The molecule has 0 aromatic heterocycles. The molecule has 1 saturated heterocycles. The van der Waals surface area contributed by atoms with Crippen LogP contribution in [0.4, 0.5) is 4.39 Å². The summed E-state index contributed by atoms with van der Waals surface area (Å²) >= 11 is 6.01. The van der Waals surface area contributed by atoms with Gasteiger partial charge in [0.05, 0.1) is 0 Å². The maximum Gasteiger partial charge on any atom is 0.220 e. The van der Waals surface area contributed by atoms with E-state index < -0.39 is 0 Å². The average Bonchev–Trinajstić information content (AvgIpc) is 2.82. The van der Waals surface area contributed by atoms with Crippen molar-refractivity contribution in [1.82, 2.24) is 9.80 Å². The second-order valence-electron chi connectivity index (χ2n) is 8.88. The van der Waals surface area contributed by atoms with Gasteiger partial charge >= 0.3 is 0 Å². The third kappa shape index (κ3) is 6.43. The minimum absolute atomic E-state index is 0.0638. The maximum absolute atomic E-state index is 13.2. The van der Waals surface area contributed by atoms with Gasteiger partial charge in [-0.1, -0.05) is 60.1 Å². The number of halogens is 2. The van der Waals surface area contributed by atoms with Crippen molar-refractivity contribution in [2.75, 3.05) is 13.1 Å². The van der Waals surface area contributed by atoms with Gasteiger partial charge in [0.25, 0.3) is 0 Å². The van der Waals surface area contributed by atoms with Gasteiger partial charge < -0.3 is 4.90 Å². The van der Waals surface area contributed by atoms with Gasteiger partial charge in [-0.3, -0.25) is 9.69 Å². The lowest BCUT2D eigenvalue weighted by Crippen LogP contribution is -2.33.